The second kappa shape index (κ2) is 7.06. The Hall–Kier alpha value is -0.380. The van der Waals surface area contributed by atoms with E-state index in [0.29, 0.717) is 5.92 Å². The van der Waals surface area contributed by atoms with Gasteiger partial charge in [0, 0.05) is 6.61 Å². The third-order valence-electron chi connectivity index (χ3n) is 2.22. The van der Waals surface area contributed by atoms with Crippen molar-refractivity contribution in [3.63, 3.8) is 0 Å². The maximum atomic E-state index is 8.67. The van der Waals surface area contributed by atoms with Gasteiger partial charge < -0.3 is 5.11 Å². The maximum Gasteiger partial charge on any atom is 0.113 e. The fourth-order valence-corrected chi connectivity index (χ4v) is 1.19. The van der Waals surface area contributed by atoms with Crippen LogP contribution in [-0.2, 0) is 4.89 Å². The Bertz CT molecular complexity index is 145. The summed E-state index contributed by atoms with van der Waals surface area (Å²) < 4.78 is 0. The molecule has 0 aromatic heterocycles. The van der Waals surface area contributed by atoms with E-state index < -0.39 is 0 Å². The van der Waals surface area contributed by atoms with Gasteiger partial charge in [-0.05, 0) is 37.7 Å². The fourth-order valence-electron chi connectivity index (χ4n) is 1.19. The van der Waals surface area contributed by atoms with Crippen LogP contribution in [0.25, 0.3) is 0 Å². The molecule has 2 atom stereocenters. The number of aliphatic hydroxyl groups excluding tert-OH is 1. The molecule has 3 nitrogen and oxygen atoms in total. The summed E-state index contributed by atoms with van der Waals surface area (Å²) in [4.78, 5) is 4.28. The topological polar surface area (TPSA) is 49.7 Å². The first kappa shape index (κ1) is 12.6. The number of rotatable bonds is 7. The van der Waals surface area contributed by atoms with Gasteiger partial charge in [-0.15, -0.1) is 0 Å². The first-order chi connectivity index (χ1) is 6.11. The zero-order valence-corrected chi connectivity index (χ0v) is 8.49. The molecular formula is C10H20O3. The zero-order chi connectivity index (χ0) is 10.3. The Kier molecular flexibility index (Phi) is 6.86. The van der Waals surface area contributed by atoms with Gasteiger partial charge in [-0.1, -0.05) is 13.5 Å². The van der Waals surface area contributed by atoms with Crippen molar-refractivity contribution >= 4 is 0 Å². The van der Waals surface area contributed by atoms with Gasteiger partial charge >= 0.3 is 0 Å². The van der Waals surface area contributed by atoms with Gasteiger partial charge in [0.1, 0.15) is 6.10 Å². The van der Waals surface area contributed by atoms with Crippen molar-refractivity contribution in [1.82, 2.24) is 0 Å². The highest BCUT2D eigenvalue weighted by Gasteiger charge is 2.11. The molecule has 0 amide bonds. The van der Waals surface area contributed by atoms with Crippen LogP contribution < -0.4 is 0 Å². The molecular weight excluding hydrogens is 168 g/mol. The largest absolute Gasteiger partial charge is 0.396 e. The summed E-state index contributed by atoms with van der Waals surface area (Å²) >= 11 is 0. The molecule has 0 heterocycles. The molecule has 0 aliphatic carbocycles. The molecule has 0 unspecified atom stereocenters. The van der Waals surface area contributed by atoms with E-state index in [-0.39, 0.29) is 12.7 Å². The van der Waals surface area contributed by atoms with E-state index in [1.54, 1.807) is 0 Å². The number of aliphatic hydroxyl groups is 1. The molecule has 0 rings (SSSR count). The van der Waals surface area contributed by atoms with E-state index in [1.807, 2.05) is 6.92 Å². The Morgan fingerprint density at radius 3 is 2.38 bits per heavy atom. The average Bonchev–Trinajstić information content (AvgIpc) is 2.05. The highest BCUT2D eigenvalue weighted by Crippen LogP contribution is 2.16. The quantitative estimate of drug-likeness (QED) is 0.366. The van der Waals surface area contributed by atoms with Crippen LogP contribution in [0.3, 0.4) is 0 Å². The summed E-state index contributed by atoms with van der Waals surface area (Å²) in [5.74, 6) is 0.460. The van der Waals surface area contributed by atoms with Crippen LogP contribution in [0.15, 0.2) is 12.2 Å². The van der Waals surface area contributed by atoms with E-state index in [0.717, 1.165) is 24.8 Å². The molecule has 0 aliphatic rings. The number of hydrogen-bond acceptors (Lipinski definition) is 3. The van der Waals surface area contributed by atoms with Gasteiger partial charge in [-0.25, -0.2) is 4.89 Å². The normalized spacial score (nSPS) is 15.4. The van der Waals surface area contributed by atoms with Gasteiger partial charge in [0.2, 0.25) is 0 Å². The van der Waals surface area contributed by atoms with Crippen LogP contribution in [-0.4, -0.2) is 23.1 Å². The van der Waals surface area contributed by atoms with E-state index in [1.165, 1.54) is 0 Å². The molecule has 2 N–H and O–H groups in total. The van der Waals surface area contributed by atoms with Crippen molar-refractivity contribution < 1.29 is 15.3 Å². The summed E-state index contributed by atoms with van der Waals surface area (Å²) in [6.07, 6.45) is 2.22. The SMILES string of the molecule is C=C(C)[C@@H](CC[C@H](C)CCO)OO. The van der Waals surface area contributed by atoms with Crippen molar-refractivity contribution in [1.29, 1.82) is 0 Å². The highest BCUT2D eigenvalue weighted by molar-refractivity contribution is 4.97. The smallest absolute Gasteiger partial charge is 0.113 e. The fraction of sp³-hybridized carbons (Fsp3) is 0.800. The molecule has 78 valence electrons. The van der Waals surface area contributed by atoms with Crippen LogP contribution in [0.5, 0.6) is 0 Å². The van der Waals surface area contributed by atoms with Crippen LogP contribution in [0.1, 0.15) is 33.1 Å². The zero-order valence-electron chi connectivity index (χ0n) is 8.49. The summed E-state index contributed by atoms with van der Waals surface area (Å²) in [5.41, 5.74) is 0.832. The molecule has 13 heavy (non-hydrogen) atoms. The Morgan fingerprint density at radius 2 is 2.00 bits per heavy atom. The maximum absolute atomic E-state index is 8.67. The molecule has 0 fully saturated rings. The Labute approximate surface area is 80.0 Å². The van der Waals surface area contributed by atoms with Crippen molar-refractivity contribution in [2.24, 2.45) is 5.92 Å². The number of hydrogen-bond donors (Lipinski definition) is 2. The monoisotopic (exact) mass is 188 g/mol. The lowest BCUT2D eigenvalue weighted by molar-refractivity contribution is -0.270. The molecule has 0 saturated heterocycles. The molecule has 0 bridgehead atoms. The predicted molar refractivity (Wildman–Crippen MR) is 52.4 cm³/mol. The minimum absolute atomic E-state index is 0.221. The van der Waals surface area contributed by atoms with Crippen molar-refractivity contribution in [2.75, 3.05) is 6.61 Å². The van der Waals surface area contributed by atoms with Crippen molar-refractivity contribution in [3.8, 4) is 0 Å². The molecule has 0 aromatic rings. The standard InChI is InChI=1S/C10H20O3/c1-8(2)10(13-12)5-4-9(3)6-7-11/h9-12H,1,4-7H2,2-3H3/t9-,10+/m0/s1. The highest BCUT2D eigenvalue weighted by atomic mass is 17.1. The van der Waals surface area contributed by atoms with Crippen LogP contribution in [0.4, 0.5) is 0 Å². The molecule has 0 aromatic carbocycles. The first-order valence-corrected chi connectivity index (χ1v) is 4.68. The summed E-state index contributed by atoms with van der Waals surface area (Å²) in [6.45, 7) is 7.84. The summed E-state index contributed by atoms with van der Waals surface area (Å²) in [7, 11) is 0. The van der Waals surface area contributed by atoms with Gasteiger partial charge in [-0.3, -0.25) is 5.26 Å². The Morgan fingerprint density at radius 1 is 1.38 bits per heavy atom. The van der Waals surface area contributed by atoms with E-state index in [4.69, 9.17) is 10.4 Å². The van der Waals surface area contributed by atoms with Crippen LogP contribution in [0, 0.1) is 5.92 Å². The third-order valence-corrected chi connectivity index (χ3v) is 2.22. The van der Waals surface area contributed by atoms with E-state index >= 15 is 0 Å². The van der Waals surface area contributed by atoms with E-state index in [2.05, 4.69) is 18.4 Å². The lowest BCUT2D eigenvalue weighted by Crippen LogP contribution is -2.13. The predicted octanol–water partition coefficient (Wildman–Crippen LogP) is 2.22. The summed E-state index contributed by atoms with van der Waals surface area (Å²) in [6, 6.07) is 0. The van der Waals surface area contributed by atoms with Crippen LogP contribution >= 0.6 is 0 Å². The molecule has 3 heteroatoms. The molecule has 0 radical (unpaired) electrons. The molecule has 0 saturated carbocycles. The van der Waals surface area contributed by atoms with Gasteiger partial charge in [-0.2, -0.15) is 0 Å². The lowest BCUT2D eigenvalue weighted by Gasteiger charge is -2.15. The molecule has 0 aliphatic heterocycles. The van der Waals surface area contributed by atoms with Crippen molar-refractivity contribution in [2.45, 2.75) is 39.2 Å². The second-order valence-electron chi connectivity index (χ2n) is 3.64. The summed E-state index contributed by atoms with van der Waals surface area (Å²) in [5, 5.41) is 17.2. The minimum atomic E-state index is -0.263. The average molecular weight is 188 g/mol. The van der Waals surface area contributed by atoms with Gasteiger partial charge in [0.25, 0.3) is 0 Å². The first-order valence-electron chi connectivity index (χ1n) is 4.68. The lowest BCUT2D eigenvalue weighted by atomic mass is 9.98. The van der Waals surface area contributed by atoms with Gasteiger partial charge in [0.15, 0.2) is 0 Å². The second-order valence-corrected chi connectivity index (χ2v) is 3.64. The van der Waals surface area contributed by atoms with Crippen molar-refractivity contribution in [3.05, 3.63) is 12.2 Å². The van der Waals surface area contributed by atoms with E-state index in [9.17, 15) is 0 Å². The minimum Gasteiger partial charge on any atom is -0.396 e. The van der Waals surface area contributed by atoms with Gasteiger partial charge in [0.05, 0.1) is 0 Å². The molecule has 0 spiro atoms. The Balaban J connectivity index is 3.65. The van der Waals surface area contributed by atoms with Crippen LogP contribution in [0.2, 0.25) is 0 Å². The third kappa shape index (κ3) is 5.80.